The second-order valence-electron chi connectivity index (χ2n) is 8.76. The molecule has 5 N–H and O–H groups in total. The predicted octanol–water partition coefficient (Wildman–Crippen LogP) is 1.03. The number of hydrogen-bond acceptors (Lipinski definition) is 11. The lowest BCUT2D eigenvalue weighted by Crippen LogP contribution is -2.60. The number of halogens is 2. The van der Waals surface area contributed by atoms with Gasteiger partial charge in [-0.2, -0.15) is 10.2 Å². The average Bonchev–Trinajstić information content (AvgIpc) is 3.33. The summed E-state index contributed by atoms with van der Waals surface area (Å²) in [6.07, 6.45) is -3.97. The molecule has 0 bridgehead atoms. The highest BCUT2D eigenvalue weighted by atomic mass is 19.1. The Labute approximate surface area is 219 Å². The number of fused-ring (bicyclic) bond motifs is 1. The molecule has 1 saturated heterocycles. The number of aliphatic hydroxyl groups excluding tert-OH is 4. The molecule has 1 aliphatic heterocycles. The molecule has 14 heteroatoms. The van der Waals surface area contributed by atoms with Crippen molar-refractivity contribution in [2.75, 3.05) is 12.0 Å². The van der Waals surface area contributed by atoms with Gasteiger partial charge in [-0.3, -0.25) is 5.43 Å². The van der Waals surface area contributed by atoms with Gasteiger partial charge in [0, 0.05) is 6.07 Å². The fourth-order valence-corrected chi connectivity index (χ4v) is 4.03. The van der Waals surface area contributed by atoms with Gasteiger partial charge in [0.1, 0.15) is 47.5 Å². The second-order valence-corrected chi connectivity index (χ2v) is 8.76. The molecule has 2 aromatic heterocycles. The Bertz CT molecular complexity index is 1500. The van der Waals surface area contributed by atoms with Crippen LogP contribution < -0.4 is 10.2 Å². The number of ether oxygens (including phenoxy) is 2. The number of benzene rings is 2. The smallest absolute Gasteiger partial charge is 0.229 e. The summed E-state index contributed by atoms with van der Waals surface area (Å²) in [5.41, 5.74) is 3.82. The van der Waals surface area contributed by atoms with Crippen LogP contribution in [0.5, 0.6) is 5.75 Å². The fourth-order valence-electron chi connectivity index (χ4n) is 4.03. The summed E-state index contributed by atoms with van der Waals surface area (Å²) in [6, 6.07) is 9.66. The van der Waals surface area contributed by atoms with Crippen LogP contribution in [-0.2, 0) is 4.74 Å². The van der Waals surface area contributed by atoms with Crippen molar-refractivity contribution >= 4 is 23.1 Å². The third kappa shape index (κ3) is 5.41. The van der Waals surface area contributed by atoms with E-state index in [1.165, 1.54) is 23.2 Å². The number of aromatic nitrogens is 4. The van der Waals surface area contributed by atoms with Crippen LogP contribution in [0, 0.1) is 18.6 Å². The Morgan fingerprint density at radius 1 is 1.08 bits per heavy atom. The lowest BCUT2D eigenvalue weighted by molar-refractivity contribution is -0.277. The van der Waals surface area contributed by atoms with Crippen LogP contribution >= 0.6 is 0 Å². The number of anilines is 1. The number of aryl methyl sites for hydroxylation is 1. The number of nitrogens with zero attached hydrogens (tertiary/aromatic N) is 5. The summed E-state index contributed by atoms with van der Waals surface area (Å²) in [5, 5.41) is 48.0. The Hall–Kier alpha value is -4.08. The van der Waals surface area contributed by atoms with Gasteiger partial charge in [0.15, 0.2) is 17.3 Å². The molecule has 0 amide bonds. The number of hydrogen-bond donors (Lipinski definition) is 5. The van der Waals surface area contributed by atoms with Gasteiger partial charge in [0.2, 0.25) is 6.29 Å². The average molecular weight is 542 g/mol. The fraction of sp³-hybridized carbons (Fsp3) is 0.280. The molecule has 2 aromatic carbocycles. The second kappa shape index (κ2) is 11.0. The van der Waals surface area contributed by atoms with Crippen LogP contribution in [0.2, 0.25) is 0 Å². The number of rotatable bonds is 7. The van der Waals surface area contributed by atoms with E-state index in [1.807, 2.05) is 0 Å². The van der Waals surface area contributed by atoms with Gasteiger partial charge in [-0.25, -0.2) is 23.4 Å². The quantitative estimate of drug-likeness (QED) is 0.168. The van der Waals surface area contributed by atoms with Crippen LogP contribution in [0.3, 0.4) is 0 Å². The van der Waals surface area contributed by atoms with Gasteiger partial charge in [-0.05, 0) is 48.9 Å². The summed E-state index contributed by atoms with van der Waals surface area (Å²) in [5.74, 6) is -0.492. The van der Waals surface area contributed by atoms with Crippen LogP contribution in [0.4, 0.5) is 14.6 Å². The summed E-state index contributed by atoms with van der Waals surface area (Å²) in [7, 11) is 0. The predicted molar refractivity (Wildman–Crippen MR) is 133 cm³/mol. The molecule has 5 atom stereocenters. The van der Waals surface area contributed by atoms with E-state index >= 15 is 0 Å². The zero-order valence-electron chi connectivity index (χ0n) is 20.4. The van der Waals surface area contributed by atoms with Crippen molar-refractivity contribution in [1.29, 1.82) is 0 Å². The molecule has 0 saturated carbocycles. The van der Waals surface area contributed by atoms with Crippen LogP contribution in [-0.4, -0.2) is 83.7 Å². The topological polar surface area (TPSA) is 167 Å². The number of nitrogens with one attached hydrogen (secondary N) is 1. The zero-order chi connectivity index (χ0) is 27.7. The molecule has 4 aromatic rings. The molecule has 1 fully saturated rings. The van der Waals surface area contributed by atoms with E-state index in [0.717, 1.165) is 12.1 Å². The van der Waals surface area contributed by atoms with Crippen molar-refractivity contribution < 1.29 is 38.7 Å². The first-order chi connectivity index (χ1) is 18.7. The SMILES string of the molecule is Cc1nc(NN=Cc2ccc(OC3OC(CO)C(O)C(O)C3O)cc2)c2cnn(-c3ccc(F)cc3F)c2n1. The van der Waals surface area contributed by atoms with E-state index in [2.05, 4.69) is 25.6 Å². The molecule has 0 aliphatic carbocycles. The first-order valence-corrected chi connectivity index (χ1v) is 11.8. The Balaban J connectivity index is 1.29. The Morgan fingerprint density at radius 2 is 1.85 bits per heavy atom. The van der Waals surface area contributed by atoms with Crippen molar-refractivity contribution in [3.05, 3.63) is 71.7 Å². The third-order valence-corrected chi connectivity index (χ3v) is 6.04. The van der Waals surface area contributed by atoms with E-state index in [9.17, 15) is 29.2 Å². The minimum atomic E-state index is -1.54. The zero-order valence-corrected chi connectivity index (χ0v) is 20.4. The van der Waals surface area contributed by atoms with E-state index < -0.39 is 48.9 Å². The van der Waals surface area contributed by atoms with Crippen LogP contribution in [0.15, 0.2) is 53.8 Å². The van der Waals surface area contributed by atoms with Gasteiger partial charge in [0.25, 0.3) is 0 Å². The van der Waals surface area contributed by atoms with Gasteiger partial charge in [0.05, 0.1) is 24.4 Å². The van der Waals surface area contributed by atoms with E-state index in [1.54, 1.807) is 31.2 Å². The molecular weight excluding hydrogens is 518 g/mol. The van der Waals surface area contributed by atoms with E-state index in [-0.39, 0.29) is 5.69 Å². The standard InChI is InChI=1S/C25H24F2N6O6/c1-12-30-23(16-10-29-33(24(16)31-12)18-7-4-14(26)8-17(18)27)32-28-9-13-2-5-15(6-3-13)38-25-22(37)21(36)20(35)19(11-34)39-25/h2-10,19-22,25,34-37H,11H2,1H3,(H,30,31,32). The van der Waals surface area contributed by atoms with Gasteiger partial charge >= 0.3 is 0 Å². The van der Waals surface area contributed by atoms with Crippen molar-refractivity contribution in [2.24, 2.45) is 5.10 Å². The third-order valence-electron chi connectivity index (χ3n) is 6.04. The molecule has 12 nitrogen and oxygen atoms in total. The molecule has 5 rings (SSSR count). The van der Waals surface area contributed by atoms with Gasteiger partial charge in [-0.1, -0.05) is 0 Å². The maximum Gasteiger partial charge on any atom is 0.229 e. The minimum absolute atomic E-state index is 0.0324. The Morgan fingerprint density at radius 3 is 2.56 bits per heavy atom. The molecule has 0 spiro atoms. The molecule has 3 heterocycles. The number of aliphatic hydroxyl groups is 4. The van der Waals surface area contributed by atoms with Crippen molar-refractivity contribution in [1.82, 2.24) is 19.7 Å². The summed E-state index contributed by atoms with van der Waals surface area (Å²) in [4.78, 5) is 8.67. The molecule has 5 unspecified atom stereocenters. The largest absolute Gasteiger partial charge is 0.462 e. The highest BCUT2D eigenvalue weighted by Crippen LogP contribution is 2.26. The summed E-state index contributed by atoms with van der Waals surface area (Å²) >= 11 is 0. The lowest BCUT2D eigenvalue weighted by Gasteiger charge is -2.39. The summed E-state index contributed by atoms with van der Waals surface area (Å²) in [6.45, 7) is 1.09. The highest BCUT2D eigenvalue weighted by Gasteiger charge is 2.44. The van der Waals surface area contributed by atoms with E-state index in [0.29, 0.717) is 34.0 Å². The van der Waals surface area contributed by atoms with Gasteiger partial charge < -0.3 is 29.9 Å². The first-order valence-electron chi connectivity index (χ1n) is 11.8. The Kier molecular flexibility index (Phi) is 7.45. The van der Waals surface area contributed by atoms with Crippen LogP contribution in [0.1, 0.15) is 11.4 Å². The number of hydrazone groups is 1. The maximum atomic E-state index is 14.3. The van der Waals surface area contributed by atoms with Crippen LogP contribution in [0.25, 0.3) is 16.7 Å². The minimum Gasteiger partial charge on any atom is -0.462 e. The molecule has 0 radical (unpaired) electrons. The molecular formula is C25H24F2N6O6. The maximum absolute atomic E-state index is 14.3. The normalized spacial score (nSPS) is 23.4. The molecule has 1 aliphatic rings. The molecule has 39 heavy (non-hydrogen) atoms. The monoisotopic (exact) mass is 542 g/mol. The highest BCUT2D eigenvalue weighted by molar-refractivity contribution is 5.88. The summed E-state index contributed by atoms with van der Waals surface area (Å²) < 4.78 is 39.8. The van der Waals surface area contributed by atoms with E-state index in [4.69, 9.17) is 9.47 Å². The van der Waals surface area contributed by atoms with Crippen molar-refractivity contribution in [3.8, 4) is 11.4 Å². The van der Waals surface area contributed by atoms with Crippen molar-refractivity contribution in [2.45, 2.75) is 37.6 Å². The van der Waals surface area contributed by atoms with Gasteiger partial charge in [-0.15, -0.1) is 0 Å². The molecule has 204 valence electrons. The first kappa shape index (κ1) is 26.5. The lowest BCUT2D eigenvalue weighted by atomic mass is 9.99. The van der Waals surface area contributed by atoms with Crippen molar-refractivity contribution in [3.63, 3.8) is 0 Å².